The first-order valence-electron chi connectivity index (χ1n) is 6.86. The Morgan fingerprint density at radius 2 is 1.88 bits per heavy atom. The van der Waals surface area contributed by atoms with E-state index < -0.39 is 23.9 Å². The fraction of sp³-hybridized carbons (Fsp3) is 0.250. The van der Waals surface area contributed by atoms with E-state index >= 15 is 0 Å². The molecule has 0 saturated carbocycles. The van der Waals surface area contributed by atoms with Gasteiger partial charge in [-0.05, 0) is 30.7 Å². The van der Waals surface area contributed by atoms with Crippen molar-refractivity contribution in [3.63, 3.8) is 0 Å². The van der Waals surface area contributed by atoms with Crippen molar-refractivity contribution in [2.75, 3.05) is 0 Å². The van der Waals surface area contributed by atoms with Crippen LogP contribution in [-0.4, -0.2) is 11.6 Å². The maximum Gasteiger partial charge on any atom is 0.417 e. The summed E-state index contributed by atoms with van der Waals surface area (Å²) in [6.45, 7) is -1.52. The number of nitrogens with zero attached hydrogens (tertiary/aromatic N) is 2. The molecule has 2 aromatic rings. The molecule has 0 radical (unpaired) electrons. The van der Waals surface area contributed by atoms with E-state index in [1.807, 2.05) is 0 Å². The second kappa shape index (κ2) is 7.70. The van der Waals surface area contributed by atoms with Crippen LogP contribution in [0.25, 0.3) is 0 Å². The number of aromatic nitrogens is 1. The van der Waals surface area contributed by atoms with Crippen LogP contribution in [0, 0.1) is 18.3 Å². The second-order valence-electron chi connectivity index (χ2n) is 4.91. The molecule has 3 nitrogen and oxygen atoms in total. The minimum atomic E-state index is -4.65. The van der Waals surface area contributed by atoms with Crippen LogP contribution in [-0.2, 0) is 11.9 Å². The SMILES string of the molecule is Cc1cc(C(F)(F)F)c(C#N)c(SCc2ccc(OC(F)F)cc2)n1. The number of alkyl halides is 5. The Morgan fingerprint density at radius 3 is 2.40 bits per heavy atom. The standard InChI is InChI=1S/C16H11F5N2OS/c1-9-6-13(16(19,20)21)12(7-22)14(23-9)25-8-10-2-4-11(5-3-10)24-15(17)18/h2-6,15H,8H2,1H3. The van der Waals surface area contributed by atoms with Crippen LogP contribution in [0.1, 0.15) is 22.4 Å². The van der Waals surface area contributed by atoms with Gasteiger partial charge in [-0.1, -0.05) is 12.1 Å². The average molecular weight is 374 g/mol. The molecule has 0 N–H and O–H groups in total. The molecule has 0 amide bonds. The molecule has 1 heterocycles. The predicted molar refractivity (Wildman–Crippen MR) is 81.3 cm³/mol. The topological polar surface area (TPSA) is 45.9 Å². The fourth-order valence-corrected chi connectivity index (χ4v) is 3.00. The molecule has 0 aliphatic heterocycles. The van der Waals surface area contributed by atoms with E-state index in [-0.39, 0.29) is 22.2 Å². The minimum Gasteiger partial charge on any atom is -0.435 e. The number of aryl methyl sites for hydroxylation is 1. The van der Waals surface area contributed by atoms with Crippen LogP contribution < -0.4 is 4.74 Å². The Kier molecular flexibility index (Phi) is 5.85. The van der Waals surface area contributed by atoms with Crippen molar-refractivity contribution in [1.29, 1.82) is 5.26 Å². The van der Waals surface area contributed by atoms with Crippen molar-refractivity contribution in [2.24, 2.45) is 0 Å². The molecule has 0 fully saturated rings. The highest BCUT2D eigenvalue weighted by Gasteiger charge is 2.35. The Balaban J connectivity index is 2.21. The van der Waals surface area contributed by atoms with Gasteiger partial charge in [-0.15, -0.1) is 11.8 Å². The van der Waals surface area contributed by atoms with Crippen molar-refractivity contribution < 1.29 is 26.7 Å². The first-order chi connectivity index (χ1) is 11.7. The summed E-state index contributed by atoms with van der Waals surface area (Å²) in [6, 6.07) is 8.08. The summed E-state index contributed by atoms with van der Waals surface area (Å²) in [6.07, 6.45) is -4.65. The molecule has 0 aliphatic carbocycles. The van der Waals surface area contributed by atoms with Crippen LogP contribution in [0.3, 0.4) is 0 Å². The largest absolute Gasteiger partial charge is 0.435 e. The van der Waals surface area contributed by atoms with Gasteiger partial charge in [-0.2, -0.15) is 27.2 Å². The van der Waals surface area contributed by atoms with Crippen molar-refractivity contribution in [3.05, 3.63) is 52.7 Å². The average Bonchev–Trinajstić information content (AvgIpc) is 2.52. The molecule has 1 aromatic heterocycles. The monoisotopic (exact) mass is 374 g/mol. The van der Waals surface area contributed by atoms with Crippen LogP contribution >= 0.6 is 11.8 Å². The number of hydrogen-bond acceptors (Lipinski definition) is 4. The zero-order valence-corrected chi connectivity index (χ0v) is 13.6. The lowest BCUT2D eigenvalue weighted by Gasteiger charge is -2.13. The summed E-state index contributed by atoms with van der Waals surface area (Å²) in [4.78, 5) is 4.01. The van der Waals surface area contributed by atoms with Crippen molar-refractivity contribution in [3.8, 4) is 11.8 Å². The Hall–Kier alpha value is -2.34. The molecule has 0 bridgehead atoms. The van der Waals surface area contributed by atoms with Gasteiger partial charge in [-0.25, -0.2) is 4.98 Å². The van der Waals surface area contributed by atoms with Crippen LogP contribution in [0.4, 0.5) is 22.0 Å². The number of rotatable bonds is 5. The molecular formula is C16H11F5N2OS. The third-order valence-electron chi connectivity index (χ3n) is 3.06. The van der Waals surface area contributed by atoms with Gasteiger partial charge in [0.05, 0.1) is 11.1 Å². The molecule has 0 spiro atoms. The number of pyridine rings is 1. The highest BCUT2D eigenvalue weighted by atomic mass is 32.2. The lowest BCUT2D eigenvalue weighted by molar-refractivity contribution is -0.138. The molecule has 0 unspecified atom stereocenters. The van der Waals surface area contributed by atoms with Gasteiger partial charge >= 0.3 is 12.8 Å². The third-order valence-corrected chi connectivity index (χ3v) is 4.10. The fourth-order valence-electron chi connectivity index (χ4n) is 2.00. The quantitative estimate of drug-likeness (QED) is 0.535. The molecule has 132 valence electrons. The lowest BCUT2D eigenvalue weighted by Crippen LogP contribution is -2.10. The minimum absolute atomic E-state index is 0.0190. The molecule has 9 heteroatoms. The summed E-state index contributed by atoms with van der Waals surface area (Å²) in [5, 5.41) is 9.05. The number of nitriles is 1. The molecule has 25 heavy (non-hydrogen) atoms. The second-order valence-corrected chi connectivity index (χ2v) is 5.88. The molecule has 0 atom stereocenters. The van der Waals surface area contributed by atoms with Crippen molar-refractivity contribution in [2.45, 2.75) is 30.5 Å². The summed E-state index contributed by atoms with van der Waals surface area (Å²) in [7, 11) is 0. The summed E-state index contributed by atoms with van der Waals surface area (Å²) in [5.41, 5.74) is -0.742. The summed E-state index contributed by atoms with van der Waals surface area (Å²) >= 11 is 0.966. The van der Waals surface area contributed by atoms with Gasteiger partial charge in [0, 0.05) is 11.4 Å². The summed E-state index contributed by atoms with van der Waals surface area (Å²) < 4.78 is 67.5. The van der Waals surface area contributed by atoms with Crippen LogP contribution in [0.5, 0.6) is 5.75 Å². The van der Waals surface area contributed by atoms with E-state index in [1.54, 1.807) is 6.07 Å². The number of hydrogen-bond donors (Lipinski definition) is 0. The van der Waals surface area contributed by atoms with Crippen molar-refractivity contribution >= 4 is 11.8 Å². The maximum atomic E-state index is 13.0. The van der Waals surface area contributed by atoms with Crippen LogP contribution in [0.15, 0.2) is 35.4 Å². The first kappa shape index (κ1) is 19.0. The lowest BCUT2D eigenvalue weighted by atomic mass is 10.1. The summed E-state index contributed by atoms with van der Waals surface area (Å²) in [5.74, 6) is 0.201. The van der Waals surface area contributed by atoms with Crippen LogP contribution in [0.2, 0.25) is 0 Å². The highest BCUT2D eigenvalue weighted by Crippen LogP contribution is 2.36. The van der Waals surface area contributed by atoms with Gasteiger partial charge in [0.2, 0.25) is 0 Å². The third kappa shape index (κ3) is 5.06. The number of benzene rings is 1. The Labute approximate surface area is 144 Å². The molecule has 2 rings (SSSR count). The zero-order chi connectivity index (χ0) is 18.6. The molecule has 0 saturated heterocycles. The number of ether oxygens (including phenoxy) is 1. The molecule has 0 aliphatic rings. The van der Waals surface area contributed by atoms with E-state index in [0.29, 0.717) is 5.56 Å². The van der Waals surface area contributed by atoms with E-state index in [0.717, 1.165) is 17.8 Å². The van der Waals surface area contributed by atoms with E-state index in [1.165, 1.54) is 31.2 Å². The normalized spacial score (nSPS) is 11.4. The first-order valence-corrected chi connectivity index (χ1v) is 7.84. The van der Waals surface area contributed by atoms with Gasteiger partial charge in [-0.3, -0.25) is 0 Å². The molecular weight excluding hydrogens is 363 g/mol. The Bertz CT molecular complexity index is 785. The van der Waals surface area contributed by atoms with E-state index in [4.69, 9.17) is 5.26 Å². The maximum absolute atomic E-state index is 13.0. The van der Waals surface area contributed by atoms with Gasteiger partial charge < -0.3 is 4.74 Å². The van der Waals surface area contributed by atoms with E-state index in [9.17, 15) is 22.0 Å². The van der Waals surface area contributed by atoms with Gasteiger partial charge in [0.1, 0.15) is 16.8 Å². The number of halogens is 5. The van der Waals surface area contributed by atoms with E-state index in [2.05, 4.69) is 9.72 Å². The molecule has 1 aromatic carbocycles. The predicted octanol–water partition coefficient (Wildman–Crippen LogP) is 5.17. The Morgan fingerprint density at radius 1 is 1.24 bits per heavy atom. The number of thioether (sulfide) groups is 1. The zero-order valence-electron chi connectivity index (χ0n) is 12.8. The smallest absolute Gasteiger partial charge is 0.417 e. The van der Waals surface area contributed by atoms with Crippen molar-refractivity contribution in [1.82, 2.24) is 4.98 Å². The highest BCUT2D eigenvalue weighted by molar-refractivity contribution is 7.98. The van der Waals surface area contributed by atoms with Gasteiger partial charge in [0.15, 0.2) is 0 Å². The van der Waals surface area contributed by atoms with Gasteiger partial charge in [0.25, 0.3) is 0 Å².